The van der Waals surface area contributed by atoms with Gasteiger partial charge in [-0.05, 0) is 57.2 Å². The molecule has 3 aromatic heterocycles. The van der Waals surface area contributed by atoms with E-state index in [4.69, 9.17) is 0 Å². The van der Waals surface area contributed by atoms with Crippen LogP contribution in [0.25, 0.3) is 17.1 Å². The quantitative estimate of drug-likeness (QED) is 0.0858. The maximum Gasteiger partial charge on any atom is 0.455 e. The Morgan fingerprint density at radius 1 is 0.431 bits per heavy atom. The van der Waals surface area contributed by atoms with Gasteiger partial charge in [0, 0.05) is 17.1 Å². The first-order valence-electron chi connectivity index (χ1n) is 15.8. The number of carbonyl (C=O) groups excluding carboxylic acids is 3. The van der Waals surface area contributed by atoms with Crippen LogP contribution in [0.1, 0.15) is 48.2 Å². The molecule has 0 aliphatic carbocycles. The van der Waals surface area contributed by atoms with Crippen LogP contribution in [0.4, 0.5) is 39.5 Å². The molecule has 0 unspecified atom stereocenters. The Labute approximate surface area is 331 Å². The third-order valence-corrected chi connectivity index (χ3v) is 7.56. The van der Waals surface area contributed by atoms with Crippen molar-refractivity contribution in [3.63, 3.8) is 0 Å². The zero-order valence-electron chi connectivity index (χ0n) is 29.7. The van der Waals surface area contributed by atoms with Crippen LogP contribution in [-0.4, -0.2) is 80.5 Å². The number of aromatic hydroxyl groups is 3. The minimum Gasteiger partial charge on any atom is -0.493 e. The third-order valence-electron chi connectivity index (χ3n) is 7.56. The molecule has 22 heteroatoms. The molecule has 6 aromatic rings. The summed E-state index contributed by atoms with van der Waals surface area (Å²) in [4.78, 5) is 33.6. The average molecular weight is 866 g/mol. The van der Waals surface area contributed by atoms with Crippen LogP contribution in [0.3, 0.4) is 0 Å². The maximum atomic E-state index is 12.4. The summed E-state index contributed by atoms with van der Waals surface area (Å²) in [7, 11) is 0. The van der Waals surface area contributed by atoms with Gasteiger partial charge in [-0.3, -0.25) is 14.4 Å². The van der Waals surface area contributed by atoms with Crippen molar-refractivity contribution >= 4 is 17.3 Å². The molecule has 0 radical (unpaired) electrons. The van der Waals surface area contributed by atoms with Crippen LogP contribution in [0.2, 0.25) is 0 Å². The number of aryl methyl sites for hydroxylation is 3. The van der Waals surface area contributed by atoms with Crippen LogP contribution < -0.4 is 0 Å². The molecule has 0 aliphatic heterocycles. The molecule has 0 fully saturated rings. The minimum absolute atomic E-state index is 0. The molecule has 0 amide bonds. The maximum absolute atomic E-state index is 12.4. The van der Waals surface area contributed by atoms with Gasteiger partial charge in [0.25, 0.3) is 17.3 Å². The summed E-state index contributed by atoms with van der Waals surface area (Å²) >= 11 is 0. The summed E-state index contributed by atoms with van der Waals surface area (Å²) in [5.74, 6) is -8.76. The Morgan fingerprint density at radius 2 is 0.621 bits per heavy atom. The van der Waals surface area contributed by atoms with Crippen LogP contribution in [0, 0.1) is 20.8 Å². The molecular weight excluding hydrogens is 839 g/mol. The van der Waals surface area contributed by atoms with E-state index in [0.717, 1.165) is 14.0 Å². The Bertz CT molecular complexity index is 2130. The summed E-state index contributed by atoms with van der Waals surface area (Å²) in [6.45, 7) is 3.70. The molecule has 0 spiro atoms. The molecule has 0 saturated carbocycles. The largest absolute Gasteiger partial charge is 0.493 e. The number of hydrogen-bond donors (Lipinski definition) is 3. The first-order chi connectivity index (χ1) is 26.5. The number of ketones is 3. The molecule has 58 heavy (non-hydrogen) atoms. The van der Waals surface area contributed by atoms with Crippen molar-refractivity contribution in [2.24, 2.45) is 0 Å². The predicted octanol–water partition coefficient (Wildman–Crippen LogP) is 7.89. The van der Waals surface area contributed by atoms with Gasteiger partial charge in [-0.25, -0.2) is 14.0 Å². The SMILES string of the molecule is Cc1nn(-c2ccccc2)c(O)c1C(=O)C(F)(F)F.Cc1nn(-c2ccccc2)c(O)c1C(=O)C(F)(F)F.Cc1nn(-c2ccccc2)c(O)c1C(=O)C(F)(F)F.[Fe]. The monoisotopic (exact) mass is 866 g/mol. The van der Waals surface area contributed by atoms with Gasteiger partial charge in [0.15, 0.2) is 0 Å². The Balaban J connectivity index is 0.000000231. The number of hydrogen-bond acceptors (Lipinski definition) is 9. The van der Waals surface area contributed by atoms with E-state index in [2.05, 4.69) is 15.3 Å². The molecule has 6 rings (SSSR count). The van der Waals surface area contributed by atoms with Crippen molar-refractivity contribution in [1.29, 1.82) is 0 Å². The Hall–Kier alpha value is -6.41. The summed E-state index contributed by atoms with van der Waals surface area (Å²) < 4.78 is 114. The van der Waals surface area contributed by atoms with Crippen molar-refractivity contribution in [1.82, 2.24) is 29.3 Å². The molecule has 0 saturated heterocycles. The second-order valence-corrected chi connectivity index (χ2v) is 11.6. The fraction of sp³-hybridized carbons (Fsp3) is 0.167. The van der Waals surface area contributed by atoms with E-state index < -0.39 is 70.2 Å². The number of nitrogens with zero attached hydrogens (tertiary/aromatic N) is 6. The topological polar surface area (TPSA) is 165 Å². The van der Waals surface area contributed by atoms with Gasteiger partial charge in [0.1, 0.15) is 16.7 Å². The van der Waals surface area contributed by atoms with E-state index in [-0.39, 0.29) is 34.2 Å². The number of alkyl halides is 9. The van der Waals surface area contributed by atoms with E-state index in [0.29, 0.717) is 17.1 Å². The number of benzene rings is 3. The summed E-state index contributed by atoms with van der Waals surface area (Å²) in [6, 6.07) is 24.2. The fourth-order valence-corrected chi connectivity index (χ4v) is 5.02. The normalized spacial score (nSPS) is 11.4. The summed E-state index contributed by atoms with van der Waals surface area (Å²) in [5, 5.41) is 40.6. The van der Waals surface area contributed by atoms with E-state index in [1.165, 1.54) is 20.8 Å². The zero-order chi connectivity index (χ0) is 42.6. The Morgan fingerprint density at radius 3 is 0.793 bits per heavy atom. The van der Waals surface area contributed by atoms with Gasteiger partial charge in [-0.15, -0.1) is 0 Å². The summed E-state index contributed by atoms with van der Waals surface area (Å²) in [6.07, 6.45) is -15.1. The van der Waals surface area contributed by atoms with Crippen molar-refractivity contribution in [2.75, 3.05) is 0 Å². The standard InChI is InChI=1S/3C12H9F3N2O2.Fe/c3*1-7-9(10(18)12(13,14)15)11(19)17(16-7)8-5-3-2-4-6-8;/h3*2-6,19H,1H3;. The van der Waals surface area contributed by atoms with E-state index in [1.54, 1.807) is 91.0 Å². The van der Waals surface area contributed by atoms with Gasteiger partial charge in [-0.1, -0.05) is 54.6 Å². The van der Waals surface area contributed by atoms with Gasteiger partial charge in [-0.2, -0.15) is 54.8 Å². The third kappa shape index (κ3) is 10.1. The first kappa shape index (κ1) is 46.0. The van der Waals surface area contributed by atoms with E-state index in [1.807, 2.05) is 0 Å². The molecule has 12 nitrogen and oxygen atoms in total. The van der Waals surface area contributed by atoms with Crippen LogP contribution in [0.5, 0.6) is 17.6 Å². The van der Waals surface area contributed by atoms with Gasteiger partial charge < -0.3 is 15.3 Å². The van der Waals surface area contributed by atoms with Crippen molar-refractivity contribution in [3.05, 3.63) is 125 Å². The smallest absolute Gasteiger partial charge is 0.455 e. The predicted molar refractivity (Wildman–Crippen MR) is 181 cm³/mol. The fourth-order valence-electron chi connectivity index (χ4n) is 5.02. The van der Waals surface area contributed by atoms with Gasteiger partial charge in [0.2, 0.25) is 17.6 Å². The van der Waals surface area contributed by atoms with Crippen molar-refractivity contribution in [2.45, 2.75) is 39.3 Å². The zero-order valence-corrected chi connectivity index (χ0v) is 30.8. The average Bonchev–Trinajstić information content (AvgIpc) is 3.74. The minimum atomic E-state index is -5.05. The molecule has 3 aromatic carbocycles. The molecule has 308 valence electrons. The molecule has 0 aliphatic rings. The molecule has 0 atom stereocenters. The molecule has 3 N–H and O–H groups in total. The summed E-state index contributed by atoms with van der Waals surface area (Å²) in [5.41, 5.74) is -1.90. The number of rotatable bonds is 6. The number of carbonyl (C=O) groups is 3. The number of Topliss-reactive ketones (excluding diaryl/α,β-unsaturated/α-hetero) is 3. The Kier molecular flexibility index (Phi) is 14.1. The second-order valence-electron chi connectivity index (χ2n) is 11.6. The van der Waals surface area contributed by atoms with Crippen LogP contribution in [0.15, 0.2) is 91.0 Å². The van der Waals surface area contributed by atoms with Crippen LogP contribution >= 0.6 is 0 Å². The van der Waals surface area contributed by atoms with E-state index in [9.17, 15) is 69.2 Å². The van der Waals surface area contributed by atoms with Crippen LogP contribution in [-0.2, 0) is 17.1 Å². The molecule has 3 heterocycles. The van der Waals surface area contributed by atoms with Crippen molar-refractivity contribution < 1.29 is 86.3 Å². The molecular formula is C36H27F9FeN6O6. The van der Waals surface area contributed by atoms with Gasteiger partial charge >= 0.3 is 18.5 Å². The number of halogens is 9. The number of para-hydroxylation sites is 3. The first-order valence-corrected chi connectivity index (χ1v) is 15.8. The second kappa shape index (κ2) is 17.8. The van der Waals surface area contributed by atoms with E-state index >= 15 is 0 Å². The van der Waals surface area contributed by atoms with Crippen molar-refractivity contribution in [3.8, 4) is 34.7 Å². The number of aromatic nitrogens is 6. The molecule has 0 bridgehead atoms. The van der Waals surface area contributed by atoms with Gasteiger partial charge in [0.05, 0.1) is 34.1 Å².